The Morgan fingerprint density at radius 1 is 1.07 bits per heavy atom. The van der Waals surface area contributed by atoms with Crippen LogP contribution < -0.4 is 10.1 Å². The lowest BCUT2D eigenvalue weighted by atomic mass is 10.2. The number of methoxy groups -OCH3 is 1. The Morgan fingerprint density at radius 2 is 1.89 bits per heavy atom. The van der Waals surface area contributed by atoms with E-state index >= 15 is 0 Å². The summed E-state index contributed by atoms with van der Waals surface area (Å²) >= 11 is 0. The second-order valence-corrected chi connectivity index (χ2v) is 6.34. The number of fused-ring (bicyclic) bond motifs is 1. The second kappa shape index (κ2) is 7.92. The molecule has 0 unspecified atom stereocenters. The molecule has 1 N–H and O–H groups in total. The van der Waals surface area contributed by atoms with Crippen LogP contribution in [0.4, 0.5) is 0 Å². The van der Waals surface area contributed by atoms with E-state index in [4.69, 9.17) is 9.72 Å². The third kappa shape index (κ3) is 3.57. The fraction of sp³-hybridized carbons (Fsp3) is 0.136. The van der Waals surface area contributed by atoms with Gasteiger partial charge in [0, 0.05) is 18.0 Å². The van der Waals surface area contributed by atoms with E-state index in [1.54, 1.807) is 31.6 Å². The van der Waals surface area contributed by atoms with Gasteiger partial charge < -0.3 is 14.6 Å². The number of benzene rings is 2. The van der Waals surface area contributed by atoms with Crippen molar-refractivity contribution in [2.75, 3.05) is 7.11 Å². The number of pyridine rings is 1. The van der Waals surface area contributed by atoms with Gasteiger partial charge in [-0.05, 0) is 30.3 Å². The summed E-state index contributed by atoms with van der Waals surface area (Å²) in [4.78, 5) is 21.1. The summed E-state index contributed by atoms with van der Waals surface area (Å²) in [5.74, 6) is 1.43. The molecule has 0 saturated heterocycles. The van der Waals surface area contributed by atoms with Gasteiger partial charge in [-0.3, -0.25) is 9.78 Å². The van der Waals surface area contributed by atoms with Gasteiger partial charge in [-0.1, -0.05) is 30.3 Å². The topological polar surface area (TPSA) is 69.0 Å². The lowest BCUT2D eigenvalue weighted by molar-refractivity contribution is 0.0949. The molecule has 28 heavy (non-hydrogen) atoms. The summed E-state index contributed by atoms with van der Waals surface area (Å²) in [6.45, 7) is 0.917. The lowest BCUT2D eigenvalue weighted by Gasteiger charge is -2.13. The SMILES string of the molecule is COc1ccccc1Cn1c(CNC(=O)c2cccnc2)nc2ccccc21. The second-order valence-electron chi connectivity index (χ2n) is 6.34. The molecule has 0 radical (unpaired) electrons. The van der Waals surface area contributed by atoms with Crippen LogP contribution in [-0.4, -0.2) is 27.6 Å². The molecule has 0 aliphatic carbocycles. The molecular formula is C22H20N4O2. The normalized spacial score (nSPS) is 10.8. The number of amides is 1. The van der Waals surface area contributed by atoms with Gasteiger partial charge in [-0.25, -0.2) is 4.98 Å². The highest BCUT2D eigenvalue weighted by Crippen LogP contribution is 2.23. The Kier molecular flexibility index (Phi) is 5.01. The highest BCUT2D eigenvalue weighted by atomic mass is 16.5. The molecule has 2 aromatic carbocycles. The van der Waals surface area contributed by atoms with Crippen molar-refractivity contribution < 1.29 is 9.53 Å². The number of rotatable bonds is 6. The predicted octanol–water partition coefficient (Wildman–Crippen LogP) is 3.42. The molecule has 0 spiro atoms. The van der Waals surface area contributed by atoms with Crippen LogP contribution in [0.25, 0.3) is 11.0 Å². The van der Waals surface area contributed by atoms with Crippen LogP contribution in [0.15, 0.2) is 73.1 Å². The number of imidazole rings is 1. The van der Waals surface area contributed by atoms with Gasteiger partial charge in [-0.15, -0.1) is 0 Å². The maximum Gasteiger partial charge on any atom is 0.253 e. The van der Waals surface area contributed by atoms with Crippen molar-refractivity contribution in [3.05, 3.63) is 90.0 Å². The zero-order valence-electron chi connectivity index (χ0n) is 15.5. The average Bonchev–Trinajstić information content (AvgIpc) is 3.10. The van der Waals surface area contributed by atoms with Crippen LogP contribution in [0.1, 0.15) is 21.7 Å². The first-order valence-electron chi connectivity index (χ1n) is 9.00. The number of carbonyl (C=O) groups is 1. The molecule has 2 aromatic heterocycles. The fourth-order valence-electron chi connectivity index (χ4n) is 3.20. The number of para-hydroxylation sites is 3. The zero-order valence-corrected chi connectivity index (χ0v) is 15.5. The summed E-state index contributed by atoms with van der Waals surface area (Å²) in [6, 6.07) is 19.3. The van der Waals surface area contributed by atoms with Gasteiger partial charge >= 0.3 is 0 Å². The van der Waals surface area contributed by atoms with E-state index in [9.17, 15) is 4.79 Å². The standard InChI is InChI=1S/C22H20N4O2/c1-28-20-11-5-2-7-17(20)15-26-19-10-4-3-9-18(19)25-21(26)14-24-22(27)16-8-6-12-23-13-16/h2-13H,14-15H2,1H3,(H,24,27). The van der Waals surface area contributed by atoms with Crippen molar-refractivity contribution in [1.29, 1.82) is 0 Å². The summed E-state index contributed by atoms with van der Waals surface area (Å²) in [5.41, 5.74) is 3.48. The molecule has 1 amide bonds. The molecule has 0 aliphatic heterocycles. The molecule has 4 rings (SSSR count). The molecule has 0 aliphatic rings. The smallest absolute Gasteiger partial charge is 0.253 e. The molecule has 0 fully saturated rings. The average molecular weight is 372 g/mol. The quantitative estimate of drug-likeness (QED) is 0.563. The van der Waals surface area contributed by atoms with Crippen molar-refractivity contribution in [3.8, 4) is 5.75 Å². The molecule has 4 aromatic rings. The van der Waals surface area contributed by atoms with E-state index < -0.39 is 0 Å². The first kappa shape index (κ1) is 17.7. The first-order valence-corrected chi connectivity index (χ1v) is 9.00. The van der Waals surface area contributed by atoms with Crippen LogP contribution in [0.5, 0.6) is 5.75 Å². The van der Waals surface area contributed by atoms with E-state index in [1.807, 2.05) is 48.5 Å². The van der Waals surface area contributed by atoms with Gasteiger partial charge in [0.25, 0.3) is 5.91 Å². The van der Waals surface area contributed by atoms with Gasteiger partial charge in [0.2, 0.25) is 0 Å². The number of hydrogen-bond donors (Lipinski definition) is 1. The van der Waals surface area contributed by atoms with Gasteiger partial charge in [-0.2, -0.15) is 0 Å². The van der Waals surface area contributed by atoms with E-state index in [1.165, 1.54) is 0 Å². The molecule has 0 bridgehead atoms. The molecular weight excluding hydrogens is 352 g/mol. The number of aromatic nitrogens is 3. The highest BCUT2D eigenvalue weighted by molar-refractivity contribution is 5.93. The number of nitrogens with one attached hydrogen (secondary N) is 1. The summed E-state index contributed by atoms with van der Waals surface area (Å²) in [7, 11) is 1.67. The zero-order chi connectivity index (χ0) is 19.3. The predicted molar refractivity (Wildman–Crippen MR) is 107 cm³/mol. The van der Waals surface area contributed by atoms with Crippen LogP contribution >= 0.6 is 0 Å². The van der Waals surface area contributed by atoms with E-state index in [-0.39, 0.29) is 5.91 Å². The maximum atomic E-state index is 12.4. The highest BCUT2D eigenvalue weighted by Gasteiger charge is 2.14. The van der Waals surface area contributed by atoms with Crippen molar-refractivity contribution in [2.24, 2.45) is 0 Å². The van der Waals surface area contributed by atoms with Crippen LogP contribution in [0, 0.1) is 0 Å². The third-order valence-electron chi connectivity index (χ3n) is 4.59. The minimum atomic E-state index is -0.177. The van der Waals surface area contributed by atoms with Crippen LogP contribution in [0.3, 0.4) is 0 Å². The maximum absolute atomic E-state index is 12.4. The number of ether oxygens (including phenoxy) is 1. The third-order valence-corrected chi connectivity index (χ3v) is 4.59. The summed E-state index contributed by atoms with van der Waals surface area (Å²) in [5, 5.41) is 2.94. The van der Waals surface area contributed by atoms with Gasteiger partial charge in [0.1, 0.15) is 11.6 Å². The molecule has 140 valence electrons. The molecule has 6 nitrogen and oxygen atoms in total. The Morgan fingerprint density at radius 3 is 2.71 bits per heavy atom. The van der Waals surface area contributed by atoms with Gasteiger partial charge in [0.15, 0.2) is 0 Å². The number of carbonyl (C=O) groups excluding carboxylic acids is 1. The molecule has 2 heterocycles. The Hall–Kier alpha value is -3.67. The largest absolute Gasteiger partial charge is 0.496 e. The molecule has 0 atom stereocenters. The van der Waals surface area contributed by atoms with Crippen molar-refractivity contribution in [2.45, 2.75) is 13.1 Å². The van der Waals surface area contributed by atoms with Crippen LogP contribution in [-0.2, 0) is 13.1 Å². The Balaban J connectivity index is 1.64. The van der Waals surface area contributed by atoms with E-state index in [0.29, 0.717) is 18.7 Å². The molecule has 6 heteroatoms. The summed E-state index contributed by atoms with van der Waals surface area (Å²) < 4.78 is 7.60. The van der Waals surface area contributed by atoms with Crippen molar-refractivity contribution in [1.82, 2.24) is 19.9 Å². The minimum Gasteiger partial charge on any atom is -0.496 e. The van der Waals surface area contributed by atoms with E-state index in [0.717, 1.165) is 28.2 Å². The first-order chi connectivity index (χ1) is 13.8. The lowest BCUT2D eigenvalue weighted by Crippen LogP contribution is -2.25. The summed E-state index contributed by atoms with van der Waals surface area (Å²) in [6.07, 6.45) is 3.19. The fourth-order valence-corrected chi connectivity index (χ4v) is 3.20. The minimum absolute atomic E-state index is 0.177. The van der Waals surface area contributed by atoms with Crippen molar-refractivity contribution >= 4 is 16.9 Å². The number of hydrogen-bond acceptors (Lipinski definition) is 4. The van der Waals surface area contributed by atoms with E-state index in [2.05, 4.69) is 14.9 Å². The van der Waals surface area contributed by atoms with Gasteiger partial charge in [0.05, 0.1) is 36.8 Å². The number of nitrogens with zero attached hydrogens (tertiary/aromatic N) is 3. The monoisotopic (exact) mass is 372 g/mol. The van der Waals surface area contributed by atoms with Crippen LogP contribution in [0.2, 0.25) is 0 Å². The Labute approximate surface area is 162 Å². The Bertz CT molecular complexity index is 1110. The van der Waals surface area contributed by atoms with Crippen molar-refractivity contribution in [3.63, 3.8) is 0 Å². The molecule has 0 saturated carbocycles.